The first kappa shape index (κ1) is 13.4. The topological polar surface area (TPSA) is 43.8 Å². The molecular formula is C17H23N3. The Hall–Kier alpha value is -1.61. The maximum Gasteiger partial charge on any atom is 0.110 e. The van der Waals surface area contributed by atoms with E-state index < -0.39 is 0 Å². The number of hydrogen-bond donors (Lipinski definition) is 1. The molecule has 0 aliphatic heterocycles. The smallest absolute Gasteiger partial charge is 0.110 e. The fraction of sp³-hybridized carbons (Fsp3) is 0.471. The summed E-state index contributed by atoms with van der Waals surface area (Å²) in [4.78, 5) is 4.31. The number of nitrogens with two attached hydrogens (primary N) is 1. The zero-order valence-corrected chi connectivity index (χ0v) is 12.2. The second-order valence-corrected chi connectivity index (χ2v) is 5.94. The van der Waals surface area contributed by atoms with Crippen LogP contribution >= 0.6 is 0 Å². The molecule has 2 aromatic rings. The van der Waals surface area contributed by atoms with Crippen LogP contribution in [-0.2, 0) is 5.41 Å². The van der Waals surface area contributed by atoms with E-state index in [9.17, 15) is 0 Å². The van der Waals surface area contributed by atoms with Crippen molar-refractivity contribution in [2.45, 2.75) is 44.4 Å². The number of nitrogens with zero attached hydrogens (tertiary/aromatic N) is 2. The van der Waals surface area contributed by atoms with E-state index >= 15 is 0 Å². The molecule has 1 saturated carbocycles. The van der Waals surface area contributed by atoms with Gasteiger partial charge >= 0.3 is 0 Å². The van der Waals surface area contributed by atoms with E-state index in [0.717, 1.165) is 12.4 Å². The standard InChI is InChI=1S/C17H23N3/c1-14-19-10-11-20(14)16-7-5-6-15(12-16)17(13-18)8-3-2-4-9-17/h5-7,10-12H,2-4,8-9,13,18H2,1H3. The van der Waals surface area contributed by atoms with Crippen molar-refractivity contribution in [3.8, 4) is 5.69 Å². The quantitative estimate of drug-likeness (QED) is 0.928. The third-order valence-corrected chi connectivity index (χ3v) is 4.76. The Morgan fingerprint density at radius 1 is 1.25 bits per heavy atom. The maximum absolute atomic E-state index is 6.15. The third kappa shape index (κ3) is 2.27. The minimum atomic E-state index is 0.183. The number of aromatic nitrogens is 2. The van der Waals surface area contributed by atoms with Gasteiger partial charge in [-0.15, -0.1) is 0 Å². The first-order chi connectivity index (χ1) is 9.75. The second kappa shape index (κ2) is 5.41. The molecule has 1 heterocycles. The Balaban J connectivity index is 2.00. The van der Waals surface area contributed by atoms with Crippen LogP contribution in [0.3, 0.4) is 0 Å². The van der Waals surface area contributed by atoms with Gasteiger partial charge in [0.2, 0.25) is 0 Å². The maximum atomic E-state index is 6.15. The Labute approximate surface area is 120 Å². The molecule has 0 atom stereocenters. The van der Waals surface area contributed by atoms with E-state index in [1.165, 1.54) is 43.4 Å². The van der Waals surface area contributed by atoms with Crippen LogP contribution in [0.25, 0.3) is 5.69 Å². The summed E-state index contributed by atoms with van der Waals surface area (Å²) in [5.41, 5.74) is 8.92. The minimum Gasteiger partial charge on any atom is -0.330 e. The van der Waals surface area contributed by atoms with Gasteiger partial charge in [-0.05, 0) is 37.5 Å². The summed E-state index contributed by atoms with van der Waals surface area (Å²) in [5, 5.41) is 0. The zero-order valence-electron chi connectivity index (χ0n) is 12.2. The molecule has 20 heavy (non-hydrogen) atoms. The summed E-state index contributed by atoms with van der Waals surface area (Å²) in [6, 6.07) is 8.84. The van der Waals surface area contributed by atoms with Crippen molar-refractivity contribution in [3.05, 3.63) is 48.0 Å². The molecular weight excluding hydrogens is 246 g/mol. The van der Waals surface area contributed by atoms with Crippen molar-refractivity contribution >= 4 is 0 Å². The van der Waals surface area contributed by atoms with Gasteiger partial charge in [-0.2, -0.15) is 0 Å². The second-order valence-electron chi connectivity index (χ2n) is 5.94. The minimum absolute atomic E-state index is 0.183. The van der Waals surface area contributed by atoms with Gasteiger partial charge in [-0.1, -0.05) is 31.4 Å². The van der Waals surface area contributed by atoms with E-state index in [1.54, 1.807) is 0 Å². The molecule has 3 nitrogen and oxygen atoms in total. The molecule has 0 saturated heterocycles. The molecule has 0 radical (unpaired) electrons. The molecule has 0 spiro atoms. The Kier molecular flexibility index (Phi) is 3.62. The molecule has 106 valence electrons. The lowest BCUT2D eigenvalue weighted by Crippen LogP contribution is -2.37. The third-order valence-electron chi connectivity index (χ3n) is 4.76. The Morgan fingerprint density at radius 2 is 2.05 bits per heavy atom. The number of rotatable bonds is 3. The Morgan fingerprint density at radius 3 is 2.70 bits per heavy atom. The molecule has 1 fully saturated rings. The van der Waals surface area contributed by atoms with Crippen molar-refractivity contribution < 1.29 is 0 Å². The van der Waals surface area contributed by atoms with Gasteiger partial charge < -0.3 is 10.3 Å². The van der Waals surface area contributed by atoms with Crippen LogP contribution in [-0.4, -0.2) is 16.1 Å². The lowest BCUT2D eigenvalue weighted by Gasteiger charge is -2.37. The molecule has 0 unspecified atom stereocenters. The molecule has 1 aromatic carbocycles. The summed E-state index contributed by atoms with van der Waals surface area (Å²) in [6.45, 7) is 2.78. The molecule has 3 rings (SSSR count). The predicted molar refractivity (Wildman–Crippen MR) is 82.1 cm³/mol. The molecule has 1 aromatic heterocycles. The number of imidazole rings is 1. The van der Waals surface area contributed by atoms with E-state index in [2.05, 4.69) is 33.8 Å². The van der Waals surface area contributed by atoms with Gasteiger partial charge in [0.15, 0.2) is 0 Å². The molecule has 1 aliphatic rings. The number of benzene rings is 1. The average Bonchev–Trinajstić information content (AvgIpc) is 2.94. The Bertz CT molecular complexity index is 579. The van der Waals surface area contributed by atoms with Crippen molar-refractivity contribution in [2.75, 3.05) is 6.54 Å². The van der Waals surface area contributed by atoms with Gasteiger partial charge in [0.25, 0.3) is 0 Å². The fourth-order valence-corrected chi connectivity index (χ4v) is 3.48. The van der Waals surface area contributed by atoms with Crippen LogP contribution in [0.2, 0.25) is 0 Å². The predicted octanol–water partition coefficient (Wildman–Crippen LogP) is 3.34. The number of hydrogen-bond acceptors (Lipinski definition) is 2. The van der Waals surface area contributed by atoms with Crippen molar-refractivity contribution in [2.24, 2.45) is 5.73 Å². The molecule has 1 aliphatic carbocycles. The van der Waals surface area contributed by atoms with Gasteiger partial charge in [-0.25, -0.2) is 4.98 Å². The lowest BCUT2D eigenvalue weighted by molar-refractivity contribution is 0.301. The zero-order chi connectivity index (χ0) is 14.0. The monoisotopic (exact) mass is 269 g/mol. The highest BCUT2D eigenvalue weighted by Gasteiger charge is 2.32. The highest BCUT2D eigenvalue weighted by Crippen LogP contribution is 2.39. The molecule has 0 amide bonds. The van der Waals surface area contributed by atoms with E-state index in [1.807, 2.05) is 19.3 Å². The SMILES string of the molecule is Cc1nccn1-c1cccc(C2(CN)CCCCC2)c1. The first-order valence-corrected chi connectivity index (χ1v) is 7.56. The fourth-order valence-electron chi connectivity index (χ4n) is 3.48. The van der Waals surface area contributed by atoms with Crippen molar-refractivity contribution in [3.63, 3.8) is 0 Å². The van der Waals surface area contributed by atoms with Crippen LogP contribution in [0, 0.1) is 6.92 Å². The average molecular weight is 269 g/mol. The highest BCUT2D eigenvalue weighted by molar-refractivity contribution is 5.40. The van der Waals surface area contributed by atoms with Gasteiger partial charge in [-0.3, -0.25) is 0 Å². The normalized spacial score (nSPS) is 18.1. The van der Waals surface area contributed by atoms with Crippen LogP contribution in [0.4, 0.5) is 0 Å². The van der Waals surface area contributed by atoms with Gasteiger partial charge in [0, 0.05) is 30.0 Å². The molecule has 2 N–H and O–H groups in total. The van der Waals surface area contributed by atoms with Crippen molar-refractivity contribution in [1.82, 2.24) is 9.55 Å². The summed E-state index contributed by atoms with van der Waals surface area (Å²) in [6.07, 6.45) is 10.2. The van der Waals surface area contributed by atoms with Crippen LogP contribution in [0.1, 0.15) is 43.5 Å². The van der Waals surface area contributed by atoms with E-state index in [4.69, 9.17) is 5.73 Å². The molecule has 0 bridgehead atoms. The molecule has 3 heteroatoms. The highest BCUT2D eigenvalue weighted by atomic mass is 15.1. The van der Waals surface area contributed by atoms with Gasteiger partial charge in [0.1, 0.15) is 5.82 Å². The summed E-state index contributed by atoms with van der Waals surface area (Å²) >= 11 is 0. The summed E-state index contributed by atoms with van der Waals surface area (Å²) < 4.78 is 2.14. The van der Waals surface area contributed by atoms with Crippen LogP contribution < -0.4 is 5.73 Å². The van der Waals surface area contributed by atoms with Crippen LogP contribution in [0.5, 0.6) is 0 Å². The summed E-state index contributed by atoms with van der Waals surface area (Å²) in [5.74, 6) is 1.02. The first-order valence-electron chi connectivity index (χ1n) is 7.56. The van der Waals surface area contributed by atoms with Crippen LogP contribution in [0.15, 0.2) is 36.7 Å². The van der Waals surface area contributed by atoms with Crippen molar-refractivity contribution in [1.29, 1.82) is 0 Å². The number of aryl methyl sites for hydroxylation is 1. The van der Waals surface area contributed by atoms with E-state index in [0.29, 0.717) is 0 Å². The lowest BCUT2D eigenvalue weighted by atomic mass is 9.69. The largest absolute Gasteiger partial charge is 0.330 e. The summed E-state index contributed by atoms with van der Waals surface area (Å²) in [7, 11) is 0. The van der Waals surface area contributed by atoms with Gasteiger partial charge in [0.05, 0.1) is 0 Å². The van der Waals surface area contributed by atoms with E-state index in [-0.39, 0.29) is 5.41 Å².